The van der Waals surface area contributed by atoms with Gasteiger partial charge in [-0.15, -0.1) is 0 Å². The highest BCUT2D eigenvalue weighted by atomic mass is 16.5. The van der Waals surface area contributed by atoms with Crippen molar-refractivity contribution in [2.75, 3.05) is 4.90 Å². The van der Waals surface area contributed by atoms with Gasteiger partial charge < -0.3 is 18.5 Å². The van der Waals surface area contributed by atoms with E-state index in [1.54, 1.807) is 0 Å². The molecule has 7 heteroatoms. The summed E-state index contributed by atoms with van der Waals surface area (Å²) in [4.78, 5) is 13.6. The molecule has 6 heterocycles. The van der Waals surface area contributed by atoms with E-state index in [1.165, 1.54) is 11.0 Å². The molecular weight excluding hydrogens is 942 g/mol. The first-order valence-corrected chi connectivity index (χ1v) is 26.9. The Hall–Kier alpha value is -8.68. The number of benzene rings is 8. The molecule has 2 aliphatic rings. The molecule has 0 saturated heterocycles. The summed E-state index contributed by atoms with van der Waals surface area (Å²) in [6, 6.07) is 67.9. The minimum atomic E-state index is -0.237. The van der Waals surface area contributed by atoms with Crippen LogP contribution in [0.15, 0.2) is 197 Å². The number of fused-ring (bicyclic) bond motifs is 10. The molecular formula is C70H58BN3O3. The molecule has 2 aliphatic heterocycles. The quantitative estimate of drug-likeness (QED) is 0.160. The van der Waals surface area contributed by atoms with Crippen LogP contribution in [0.2, 0.25) is 0 Å². The molecule has 0 radical (unpaired) electrons. The molecule has 8 aromatic carbocycles. The van der Waals surface area contributed by atoms with Crippen molar-refractivity contribution in [3.05, 3.63) is 205 Å². The Bertz CT molecular complexity index is 4330. The maximum Gasteiger partial charge on any atom is 0.256 e. The summed E-state index contributed by atoms with van der Waals surface area (Å²) in [6.45, 7) is 20.1. The topological polar surface area (TPSA) is 64.5 Å². The number of ether oxygens (including phenoxy) is 1. The summed E-state index contributed by atoms with van der Waals surface area (Å²) in [5, 5.41) is 4.40. The molecule has 0 atom stereocenters. The van der Waals surface area contributed by atoms with Crippen molar-refractivity contribution in [2.45, 2.75) is 78.6 Å². The van der Waals surface area contributed by atoms with Crippen molar-refractivity contribution in [1.29, 1.82) is 0 Å². The van der Waals surface area contributed by atoms with Crippen LogP contribution in [0.5, 0.6) is 11.5 Å². The van der Waals surface area contributed by atoms with Crippen LogP contribution in [-0.4, -0.2) is 16.7 Å². The van der Waals surface area contributed by atoms with Crippen LogP contribution >= 0.6 is 0 Å². The van der Waals surface area contributed by atoms with E-state index in [9.17, 15) is 0 Å². The van der Waals surface area contributed by atoms with Crippen molar-refractivity contribution < 1.29 is 13.6 Å². The fourth-order valence-corrected chi connectivity index (χ4v) is 11.8. The van der Waals surface area contributed by atoms with Crippen molar-refractivity contribution >= 4 is 84.0 Å². The third-order valence-corrected chi connectivity index (χ3v) is 15.9. The number of hydrogen-bond acceptors (Lipinski definition) is 6. The molecule has 4 aromatic heterocycles. The Morgan fingerprint density at radius 1 is 0.390 bits per heavy atom. The summed E-state index contributed by atoms with van der Waals surface area (Å²) in [7, 11) is 0. The number of pyridine rings is 2. The summed E-state index contributed by atoms with van der Waals surface area (Å²) in [5.41, 5.74) is 20.9. The zero-order chi connectivity index (χ0) is 52.7. The lowest BCUT2D eigenvalue weighted by Gasteiger charge is -2.42. The molecule has 0 fully saturated rings. The molecule has 0 N–H and O–H groups in total. The van der Waals surface area contributed by atoms with Gasteiger partial charge in [-0.3, -0.25) is 9.97 Å². The van der Waals surface area contributed by atoms with Crippen molar-refractivity contribution in [2.24, 2.45) is 0 Å². The SMILES string of the molecule is CC(C)(C)c1cc2c3c(c1)N(c1c(-c4cccc(C(C)(C)C)n4)cccc1-c1cccc(C(C)(C)C)n1)c1cc(-c4ccc5oc6ccccc6c5c4)ccc1B3c1ccc(-c3ccc4oc5ccccc5c4c3)cc1O2. The van der Waals surface area contributed by atoms with E-state index in [1.807, 2.05) is 24.3 Å². The normalized spacial score (nSPS) is 13.3. The Labute approximate surface area is 450 Å². The van der Waals surface area contributed by atoms with Crippen LogP contribution in [0, 0.1) is 0 Å². The predicted octanol–water partition coefficient (Wildman–Crippen LogP) is 17.2. The summed E-state index contributed by atoms with van der Waals surface area (Å²) in [6.07, 6.45) is 0. The van der Waals surface area contributed by atoms with E-state index in [-0.39, 0.29) is 23.0 Å². The fraction of sp³-hybridized carbons (Fsp3) is 0.171. The van der Waals surface area contributed by atoms with Gasteiger partial charge in [-0.05, 0) is 135 Å². The molecule has 0 amide bonds. The third-order valence-electron chi connectivity index (χ3n) is 15.9. The second kappa shape index (κ2) is 16.9. The zero-order valence-electron chi connectivity index (χ0n) is 45.0. The van der Waals surface area contributed by atoms with E-state index in [0.29, 0.717) is 0 Å². The summed E-state index contributed by atoms with van der Waals surface area (Å²) >= 11 is 0. The molecule has 0 unspecified atom stereocenters. The lowest BCUT2D eigenvalue weighted by molar-refractivity contribution is 0.483. The summed E-state index contributed by atoms with van der Waals surface area (Å²) in [5.74, 6) is 1.71. The molecule has 14 rings (SSSR count). The third kappa shape index (κ3) is 7.69. The van der Waals surface area contributed by atoms with E-state index >= 15 is 0 Å². The largest absolute Gasteiger partial charge is 0.458 e. The molecule has 0 bridgehead atoms. The summed E-state index contributed by atoms with van der Waals surface area (Å²) < 4.78 is 20.0. The van der Waals surface area contributed by atoms with E-state index < -0.39 is 0 Å². The van der Waals surface area contributed by atoms with Gasteiger partial charge in [0.1, 0.15) is 33.8 Å². The zero-order valence-corrected chi connectivity index (χ0v) is 45.0. The van der Waals surface area contributed by atoms with Gasteiger partial charge in [0.2, 0.25) is 0 Å². The van der Waals surface area contributed by atoms with E-state index in [0.717, 1.165) is 140 Å². The Morgan fingerprint density at radius 3 is 1.44 bits per heavy atom. The molecule has 0 saturated carbocycles. The predicted molar refractivity (Wildman–Crippen MR) is 320 cm³/mol. The van der Waals surface area contributed by atoms with E-state index in [2.05, 4.69) is 231 Å². The average Bonchev–Trinajstić information content (AvgIpc) is 4.02. The van der Waals surface area contributed by atoms with Gasteiger partial charge in [-0.2, -0.15) is 0 Å². The fourth-order valence-electron chi connectivity index (χ4n) is 11.8. The molecule has 0 spiro atoms. The Kier molecular flexibility index (Phi) is 10.3. The standard InChI is InChI=1S/C70H58BN3O3/c1-68(2,3)45-39-57-66-63(40-45)77-62-38-44(42-30-34-61-51(36-42)47-18-11-13-24-59(47)76-61)28-32-53(62)71(66)52-31-27-43(41-29-33-60-50(35-41)46-17-10-12-23-58(46)75-60)37-56(52)74(57)67-48(54-21-15-25-64(72-54)69(4,5)6)19-14-20-49(67)55-22-16-26-65(73-55)70(7,8)9/h10-40H,1-9H3. The first-order valence-electron chi connectivity index (χ1n) is 26.9. The number of hydrogen-bond donors (Lipinski definition) is 0. The lowest BCUT2D eigenvalue weighted by Crippen LogP contribution is -2.59. The van der Waals surface area contributed by atoms with Crippen LogP contribution in [-0.2, 0) is 16.2 Å². The van der Waals surface area contributed by atoms with Gasteiger partial charge in [-0.1, -0.05) is 165 Å². The van der Waals surface area contributed by atoms with Gasteiger partial charge in [0.15, 0.2) is 0 Å². The highest BCUT2D eigenvalue weighted by molar-refractivity contribution is 6.99. The highest BCUT2D eigenvalue weighted by Crippen LogP contribution is 2.51. The van der Waals surface area contributed by atoms with Crippen LogP contribution < -0.4 is 26.0 Å². The average molecular weight is 1000 g/mol. The number of furan rings is 2. The number of rotatable bonds is 5. The number of nitrogens with zero attached hydrogens (tertiary/aromatic N) is 3. The maximum absolute atomic E-state index is 7.38. The molecule has 0 aliphatic carbocycles. The highest BCUT2D eigenvalue weighted by Gasteiger charge is 2.44. The second-order valence-electron chi connectivity index (χ2n) is 24.2. The van der Waals surface area contributed by atoms with Gasteiger partial charge in [0, 0.05) is 66.3 Å². The van der Waals surface area contributed by atoms with Crippen LogP contribution in [0.25, 0.3) is 88.6 Å². The number of aromatic nitrogens is 2. The number of para-hydroxylation sites is 3. The van der Waals surface area contributed by atoms with Crippen molar-refractivity contribution in [3.63, 3.8) is 0 Å². The Morgan fingerprint density at radius 2 is 0.883 bits per heavy atom. The van der Waals surface area contributed by atoms with Gasteiger partial charge in [0.25, 0.3) is 6.71 Å². The molecule has 12 aromatic rings. The minimum Gasteiger partial charge on any atom is -0.458 e. The van der Waals surface area contributed by atoms with E-state index in [4.69, 9.17) is 23.5 Å². The van der Waals surface area contributed by atoms with Crippen LogP contribution in [0.4, 0.5) is 17.1 Å². The molecule has 374 valence electrons. The number of anilines is 3. The maximum atomic E-state index is 7.38. The lowest BCUT2D eigenvalue weighted by atomic mass is 9.34. The van der Waals surface area contributed by atoms with Crippen molar-refractivity contribution in [1.82, 2.24) is 9.97 Å². The Balaban J connectivity index is 1.05. The minimum absolute atomic E-state index is 0.159. The van der Waals surface area contributed by atoms with Gasteiger partial charge in [-0.25, -0.2) is 0 Å². The van der Waals surface area contributed by atoms with Crippen molar-refractivity contribution in [3.8, 4) is 56.3 Å². The van der Waals surface area contributed by atoms with Crippen LogP contribution in [0.1, 0.15) is 79.3 Å². The first-order chi connectivity index (χ1) is 37.0. The van der Waals surface area contributed by atoms with Gasteiger partial charge in [0.05, 0.1) is 17.1 Å². The molecule has 77 heavy (non-hydrogen) atoms. The second-order valence-corrected chi connectivity index (χ2v) is 24.2. The smallest absolute Gasteiger partial charge is 0.256 e. The monoisotopic (exact) mass is 999 g/mol. The first kappa shape index (κ1) is 46.8. The van der Waals surface area contributed by atoms with Crippen LogP contribution in [0.3, 0.4) is 0 Å². The van der Waals surface area contributed by atoms with Gasteiger partial charge >= 0.3 is 0 Å². The molecule has 6 nitrogen and oxygen atoms in total.